The first kappa shape index (κ1) is 24.3. The minimum Gasteiger partial charge on any atom is -0.462 e. The number of carbonyl (C=O) groups is 2. The van der Waals surface area contributed by atoms with Crippen LogP contribution in [0.3, 0.4) is 0 Å². The number of rotatable bonds is 9. The van der Waals surface area contributed by atoms with E-state index in [4.69, 9.17) is 9.47 Å². The SMILES string of the molecule is CC1(C(=O)OCCOC(=O)CCN=C=O)Cc2c(n(Cc3ccc(F)cc3)c3ccccc23)CN1. The van der Waals surface area contributed by atoms with Gasteiger partial charge in [0.2, 0.25) is 6.08 Å². The van der Waals surface area contributed by atoms with E-state index in [2.05, 4.69) is 14.9 Å². The van der Waals surface area contributed by atoms with Gasteiger partial charge in [-0.3, -0.25) is 14.9 Å². The molecule has 4 rings (SSSR count). The summed E-state index contributed by atoms with van der Waals surface area (Å²) >= 11 is 0. The molecule has 182 valence electrons. The van der Waals surface area contributed by atoms with E-state index < -0.39 is 17.5 Å². The van der Waals surface area contributed by atoms with E-state index in [0.29, 0.717) is 19.5 Å². The van der Waals surface area contributed by atoms with Crippen molar-refractivity contribution in [2.75, 3.05) is 19.8 Å². The normalized spacial score (nSPS) is 16.9. The summed E-state index contributed by atoms with van der Waals surface area (Å²) in [5, 5.41) is 4.39. The highest BCUT2D eigenvalue weighted by molar-refractivity contribution is 5.89. The van der Waals surface area contributed by atoms with Crippen LogP contribution in [0, 0.1) is 5.82 Å². The quantitative estimate of drug-likeness (QED) is 0.219. The number of nitrogens with one attached hydrogen (secondary N) is 1. The van der Waals surface area contributed by atoms with Gasteiger partial charge in [-0.05, 0) is 36.2 Å². The molecule has 0 radical (unpaired) electrons. The lowest BCUT2D eigenvalue weighted by Crippen LogP contribution is -2.54. The van der Waals surface area contributed by atoms with Crippen LogP contribution in [-0.4, -0.2) is 47.9 Å². The summed E-state index contributed by atoms with van der Waals surface area (Å²) in [6.07, 6.45) is 1.75. The van der Waals surface area contributed by atoms with Crippen molar-refractivity contribution in [2.24, 2.45) is 4.99 Å². The molecule has 1 aromatic heterocycles. The van der Waals surface area contributed by atoms with E-state index in [1.54, 1.807) is 19.1 Å². The fourth-order valence-electron chi connectivity index (χ4n) is 4.33. The van der Waals surface area contributed by atoms with Crippen LogP contribution in [-0.2, 0) is 43.4 Å². The van der Waals surface area contributed by atoms with Crippen LogP contribution in [0.5, 0.6) is 0 Å². The van der Waals surface area contributed by atoms with Gasteiger partial charge in [-0.2, -0.15) is 0 Å². The first-order valence-electron chi connectivity index (χ1n) is 11.4. The van der Waals surface area contributed by atoms with Gasteiger partial charge < -0.3 is 14.0 Å². The zero-order valence-corrected chi connectivity index (χ0v) is 19.4. The van der Waals surface area contributed by atoms with Crippen LogP contribution in [0.2, 0.25) is 0 Å². The monoisotopic (exact) mass is 479 g/mol. The van der Waals surface area contributed by atoms with Crippen molar-refractivity contribution in [3.05, 3.63) is 71.2 Å². The van der Waals surface area contributed by atoms with Crippen molar-refractivity contribution >= 4 is 28.9 Å². The molecule has 0 saturated heterocycles. The van der Waals surface area contributed by atoms with Crippen molar-refractivity contribution in [1.82, 2.24) is 9.88 Å². The molecule has 0 amide bonds. The average Bonchev–Trinajstić information content (AvgIpc) is 3.15. The number of fused-ring (bicyclic) bond motifs is 3. The molecular weight excluding hydrogens is 453 g/mol. The van der Waals surface area contributed by atoms with Crippen LogP contribution in [0.25, 0.3) is 10.9 Å². The van der Waals surface area contributed by atoms with E-state index in [-0.39, 0.29) is 32.0 Å². The number of hydrogen-bond acceptors (Lipinski definition) is 7. The molecule has 0 bridgehead atoms. The molecule has 0 saturated carbocycles. The molecule has 1 aliphatic heterocycles. The van der Waals surface area contributed by atoms with Gasteiger partial charge in [0.1, 0.15) is 24.6 Å². The number of aliphatic imine (C=N–C) groups is 1. The molecule has 1 atom stereocenters. The molecule has 1 unspecified atom stereocenters. The number of benzene rings is 2. The van der Waals surface area contributed by atoms with Crippen molar-refractivity contribution < 1.29 is 28.2 Å². The molecule has 1 aliphatic rings. The average molecular weight is 480 g/mol. The Morgan fingerprint density at radius 3 is 2.66 bits per heavy atom. The topological polar surface area (TPSA) is 99.0 Å². The number of halogens is 1. The van der Waals surface area contributed by atoms with E-state index in [9.17, 15) is 18.8 Å². The molecular formula is C26H26FN3O5. The van der Waals surface area contributed by atoms with E-state index in [0.717, 1.165) is 27.7 Å². The van der Waals surface area contributed by atoms with Gasteiger partial charge in [0.05, 0.1) is 13.0 Å². The Morgan fingerprint density at radius 1 is 1.14 bits per heavy atom. The minimum absolute atomic E-state index is 0.0151. The van der Waals surface area contributed by atoms with E-state index >= 15 is 0 Å². The Bertz CT molecular complexity index is 1280. The first-order valence-corrected chi connectivity index (χ1v) is 11.4. The predicted molar refractivity (Wildman–Crippen MR) is 126 cm³/mol. The number of ether oxygens (including phenoxy) is 2. The third kappa shape index (κ3) is 5.48. The fourth-order valence-corrected chi connectivity index (χ4v) is 4.33. The standard InChI is InChI=1S/C26H26FN3O5/c1-26(25(33)35-13-12-34-24(32)10-11-28-17-31)14-21-20-4-2-3-5-22(20)30(23(21)15-29-26)16-18-6-8-19(27)9-7-18/h2-9,29H,10-16H2,1H3. The molecule has 0 aliphatic carbocycles. The molecule has 3 aromatic rings. The number of aromatic nitrogens is 1. The Labute approximate surface area is 201 Å². The molecule has 2 aromatic carbocycles. The second kappa shape index (κ2) is 10.6. The molecule has 2 heterocycles. The van der Waals surface area contributed by atoms with Crippen LogP contribution in [0.4, 0.5) is 4.39 Å². The lowest BCUT2D eigenvalue weighted by Gasteiger charge is -2.33. The number of nitrogens with zero attached hydrogens (tertiary/aromatic N) is 2. The summed E-state index contributed by atoms with van der Waals surface area (Å²) in [6, 6.07) is 14.5. The summed E-state index contributed by atoms with van der Waals surface area (Å²) in [5.74, 6) is -1.23. The molecule has 1 N–H and O–H groups in total. The lowest BCUT2D eigenvalue weighted by atomic mass is 9.87. The predicted octanol–water partition coefficient (Wildman–Crippen LogP) is 3.05. The second-order valence-corrected chi connectivity index (χ2v) is 8.60. The zero-order valence-electron chi connectivity index (χ0n) is 19.4. The summed E-state index contributed by atoms with van der Waals surface area (Å²) in [7, 11) is 0. The second-order valence-electron chi connectivity index (χ2n) is 8.60. The number of para-hydroxylation sites is 1. The Hall–Kier alpha value is -3.81. The van der Waals surface area contributed by atoms with Crippen LogP contribution < -0.4 is 5.32 Å². The minimum atomic E-state index is -0.944. The van der Waals surface area contributed by atoms with Gasteiger partial charge in [-0.1, -0.05) is 30.3 Å². The molecule has 0 spiro atoms. The van der Waals surface area contributed by atoms with Gasteiger partial charge >= 0.3 is 11.9 Å². The summed E-state index contributed by atoms with van der Waals surface area (Å²) in [5.41, 5.74) is 3.23. The summed E-state index contributed by atoms with van der Waals surface area (Å²) in [4.78, 5) is 37.8. The third-order valence-electron chi connectivity index (χ3n) is 6.15. The van der Waals surface area contributed by atoms with Crippen molar-refractivity contribution in [3.8, 4) is 0 Å². The van der Waals surface area contributed by atoms with Gasteiger partial charge in [0, 0.05) is 36.1 Å². The van der Waals surface area contributed by atoms with Crippen molar-refractivity contribution in [2.45, 2.75) is 38.4 Å². The van der Waals surface area contributed by atoms with Crippen molar-refractivity contribution in [1.29, 1.82) is 0 Å². The third-order valence-corrected chi connectivity index (χ3v) is 6.15. The number of esters is 2. The van der Waals surface area contributed by atoms with Gasteiger partial charge in [0.15, 0.2) is 0 Å². The van der Waals surface area contributed by atoms with Crippen LogP contribution in [0.1, 0.15) is 30.2 Å². The molecule has 0 fully saturated rings. The Kier molecular flexibility index (Phi) is 7.39. The Morgan fingerprint density at radius 2 is 1.89 bits per heavy atom. The van der Waals surface area contributed by atoms with Crippen LogP contribution in [0.15, 0.2) is 53.5 Å². The maximum absolute atomic E-state index is 13.4. The van der Waals surface area contributed by atoms with E-state index in [1.807, 2.05) is 24.3 Å². The maximum Gasteiger partial charge on any atom is 0.326 e. The van der Waals surface area contributed by atoms with E-state index in [1.165, 1.54) is 18.2 Å². The lowest BCUT2D eigenvalue weighted by molar-refractivity contribution is -0.157. The van der Waals surface area contributed by atoms with Crippen LogP contribution >= 0.6 is 0 Å². The zero-order chi connectivity index (χ0) is 24.8. The molecule has 35 heavy (non-hydrogen) atoms. The smallest absolute Gasteiger partial charge is 0.326 e. The molecule has 9 heteroatoms. The first-order chi connectivity index (χ1) is 16.9. The molecule has 8 nitrogen and oxygen atoms in total. The number of hydrogen-bond donors (Lipinski definition) is 1. The summed E-state index contributed by atoms with van der Waals surface area (Å²) in [6.45, 7) is 2.71. The summed E-state index contributed by atoms with van der Waals surface area (Å²) < 4.78 is 25.9. The Balaban J connectivity index is 1.45. The fraction of sp³-hybridized carbons (Fsp3) is 0.346. The highest BCUT2D eigenvalue weighted by Crippen LogP contribution is 2.34. The number of carbonyl (C=O) groups excluding carboxylic acids is 3. The largest absolute Gasteiger partial charge is 0.462 e. The highest BCUT2D eigenvalue weighted by atomic mass is 19.1. The van der Waals surface area contributed by atoms with Gasteiger partial charge in [0.25, 0.3) is 0 Å². The maximum atomic E-state index is 13.4. The van der Waals surface area contributed by atoms with Gasteiger partial charge in [-0.15, -0.1) is 0 Å². The van der Waals surface area contributed by atoms with Crippen molar-refractivity contribution in [3.63, 3.8) is 0 Å². The number of isocyanates is 1. The highest BCUT2D eigenvalue weighted by Gasteiger charge is 2.40. The van der Waals surface area contributed by atoms with Gasteiger partial charge in [-0.25, -0.2) is 14.2 Å².